The van der Waals surface area contributed by atoms with Crippen LogP contribution in [0, 0.1) is 24.2 Å². The van der Waals surface area contributed by atoms with Gasteiger partial charge in [-0.1, -0.05) is 12.1 Å². The third-order valence-electron chi connectivity index (χ3n) is 5.19. The largest absolute Gasteiger partial charge is 0.473 e. The molecule has 2 heterocycles. The van der Waals surface area contributed by atoms with Gasteiger partial charge in [0.05, 0.1) is 11.6 Å². The van der Waals surface area contributed by atoms with Crippen molar-refractivity contribution in [2.24, 2.45) is 5.92 Å². The molecular formula is C20H21N3O. The SMILES string of the molecule is Cc1cc(C#N)ccc1COc1cccc(C2CCNC3CC32)n1. The Balaban J connectivity index is 1.45. The molecule has 1 aromatic heterocycles. The van der Waals surface area contributed by atoms with Crippen molar-refractivity contribution >= 4 is 0 Å². The molecule has 1 aliphatic carbocycles. The fourth-order valence-electron chi connectivity index (χ4n) is 3.70. The van der Waals surface area contributed by atoms with Crippen molar-refractivity contribution in [2.75, 3.05) is 6.54 Å². The van der Waals surface area contributed by atoms with Crippen LogP contribution >= 0.6 is 0 Å². The van der Waals surface area contributed by atoms with Crippen molar-refractivity contribution in [3.8, 4) is 11.9 Å². The average Bonchev–Trinajstić information content (AvgIpc) is 3.40. The van der Waals surface area contributed by atoms with Crippen molar-refractivity contribution in [1.29, 1.82) is 5.26 Å². The van der Waals surface area contributed by atoms with Gasteiger partial charge in [0.25, 0.3) is 0 Å². The third-order valence-corrected chi connectivity index (χ3v) is 5.19. The highest BCUT2D eigenvalue weighted by atomic mass is 16.5. The number of aryl methyl sites for hydroxylation is 1. The van der Waals surface area contributed by atoms with Gasteiger partial charge in [0.15, 0.2) is 0 Å². The molecule has 1 saturated carbocycles. The van der Waals surface area contributed by atoms with Gasteiger partial charge in [-0.15, -0.1) is 0 Å². The number of hydrogen-bond donors (Lipinski definition) is 1. The van der Waals surface area contributed by atoms with Crippen LogP contribution in [0.25, 0.3) is 0 Å². The van der Waals surface area contributed by atoms with E-state index in [1.165, 1.54) is 6.42 Å². The van der Waals surface area contributed by atoms with Crippen molar-refractivity contribution in [3.63, 3.8) is 0 Å². The third kappa shape index (κ3) is 3.00. The number of nitriles is 1. The van der Waals surface area contributed by atoms with Crippen LogP contribution in [0.15, 0.2) is 36.4 Å². The minimum Gasteiger partial charge on any atom is -0.473 e. The maximum atomic E-state index is 8.94. The molecule has 0 radical (unpaired) electrons. The summed E-state index contributed by atoms with van der Waals surface area (Å²) in [5, 5.41) is 12.5. The van der Waals surface area contributed by atoms with Crippen LogP contribution in [0.3, 0.4) is 0 Å². The monoisotopic (exact) mass is 319 g/mol. The smallest absolute Gasteiger partial charge is 0.213 e. The van der Waals surface area contributed by atoms with Crippen LogP contribution in [-0.4, -0.2) is 17.6 Å². The Morgan fingerprint density at radius 3 is 3.08 bits per heavy atom. The van der Waals surface area contributed by atoms with E-state index < -0.39 is 0 Å². The van der Waals surface area contributed by atoms with Crippen molar-refractivity contribution in [2.45, 2.75) is 38.3 Å². The number of hydrogen-bond acceptors (Lipinski definition) is 4. The van der Waals surface area contributed by atoms with Crippen LogP contribution in [0.2, 0.25) is 0 Å². The molecule has 1 N–H and O–H groups in total. The number of fused-ring (bicyclic) bond motifs is 1. The lowest BCUT2D eigenvalue weighted by atomic mass is 9.93. The predicted molar refractivity (Wildman–Crippen MR) is 91.7 cm³/mol. The van der Waals surface area contributed by atoms with Gasteiger partial charge in [0, 0.05) is 23.7 Å². The second-order valence-electron chi connectivity index (χ2n) is 6.80. The van der Waals surface area contributed by atoms with Gasteiger partial charge in [-0.05, 0) is 61.6 Å². The molecule has 2 aromatic rings. The molecule has 3 atom stereocenters. The van der Waals surface area contributed by atoms with Crippen molar-refractivity contribution in [3.05, 3.63) is 58.8 Å². The zero-order valence-corrected chi connectivity index (χ0v) is 13.8. The molecule has 0 bridgehead atoms. The van der Waals surface area contributed by atoms with Crippen LogP contribution < -0.4 is 10.1 Å². The first-order chi connectivity index (χ1) is 11.7. The molecule has 1 saturated heterocycles. The van der Waals surface area contributed by atoms with Crippen molar-refractivity contribution < 1.29 is 4.74 Å². The summed E-state index contributed by atoms with van der Waals surface area (Å²) in [6.07, 6.45) is 2.44. The zero-order chi connectivity index (χ0) is 16.5. The summed E-state index contributed by atoms with van der Waals surface area (Å²) in [7, 11) is 0. The van der Waals surface area contributed by atoms with Gasteiger partial charge < -0.3 is 10.1 Å². The maximum Gasteiger partial charge on any atom is 0.213 e. The summed E-state index contributed by atoms with van der Waals surface area (Å²) in [6.45, 7) is 3.57. The van der Waals surface area contributed by atoms with Gasteiger partial charge in [-0.25, -0.2) is 4.98 Å². The first-order valence-electron chi connectivity index (χ1n) is 8.57. The highest BCUT2D eigenvalue weighted by Crippen LogP contribution is 2.46. The van der Waals surface area contributed by atoms with E-state index in [1.807, 2.05) is 37.3 Å². The molecule has 2 fully saturated rings. The molecule has 4 heteroatoms. The Hall–Kier alpha value is -2.38. The van der Waals surface area contributed by atoms with Gasteiger partial charge in [0.2, 0.25) is 5.88 Å². The number of ether oxygens (including phenoxy) is 1. The summed E-state index contributed by atoms with van der Waals surface area (Å²) in [5.74, 6) is 2.01. The number of rotatable bonds is 4. The first kappa shape index (κ1) is 15.2. The normalized spacial score (nSPS) is 24.8. The van der Waals surface area contributed by atoms with E-state index in [4.69, 9.17) is 15.0 Å². The quantitative estimate of drug-likeness (QED) is 0.939. The second kappa shape index (κ2) is 6.26. The maximum absolute atomic E-state index is 8.94. The molecular weight excluding hydrogens is 298 g/mol. The topological polar surface area (TPSA) is 57.9 Å². The Kier molecular flexibility index (Phi) is 3.95. The highest BCUT2D eigenvalue weighted by molar-refractivity contribution is 5.37. The van der Waals surface area contributed by atoms with Gasteiger partial charge >= 0.3 is 0 Å². The zero-order valence-electron chi connectivity index (χ0n) is 13.8. The summed E-state index contributed by atoms with van der Waals surface area (Å²) in [5.41, 5.74) is 4.01. The molecule has 1 aliphatic heterocycles. The standard InChI is InChI=1S/C20H21N3O/c1-13-9-14(11-21)5-6-15(13)12-24-20-4-2-3-18(23-20)16-7-8-22-19-10-17(16)19/h2-6,9,16-17,19,22H,7-8,10,12H2,1H3. The lowest BCUT2D eigenvalue weighted by Crippen LogP contribution is -2.28. The number of piperidine rings is 1. The van der Waals surface area contributed by atoms with Crippen LogP contribution in [0.4, 0.5) is 0 Å². The molecule has 0 spiro atoms. The van der Waals surface area contributed by atoms with E-state index in [0.717, 1.165) is 35.7 Å². The number of pyridine rings is 1. The molecule has 4 rings (SSSR count). The van der Waals surface area contributed by atoms with Crippen LogP contribution in [0.5, 0.6) is 5.88 Å². The predicted octanol–water partition coefficient (Wildman–Crippen LogP) is 3.31. The minimum absolute atomic E-state index is 0.478. The van der Waals surface area contributed by atoms with Crippen molar-refractivity contribution in [1.82, 2.24) is 10.3 Å². The van der Waals surface area contributed by atoms with Gasteiger partial charge in [0.1, 0.15) is 6.61 Å². The van der Waals surface area contributed by atoms with E-state index in [1.54, 1.807) is 0 Å². The Morgan fingerprint density at radius 2 is 2.25 bits per heavy atom. The van der Waals surface area contributed by atoms with Crippen LogP contribution in [0.1, 0.15) is 41.1 Å². The molecule has 4 nitrogen and oxygen atoms in total. The van der Waals surface area contributed by atoms with Crippen LogP contribution in [-0.2, 0) is 6.61 Å². The number of benzene rings is 1. The molecule has 24 heavy (non-hydrogen) atoms. The number of aromatic nitrogens is 1. The molecule has 0 amide bonds. The molecule has 122 valence electrons. The minimum atomic E-state index is 0.478. The summed E-state index contributed by atoms with van der Waals surface area (Å²) in [6, 6.07) is 14.6. The Bertz CT molecular complexity index is 796. The summed E-state index contributed by atoms with van der Waals surface area (Å²) >= 11 is 0. The lowest BCUT2D eigenvalue weighted by molar-refractivity contribution is 0.290. The van der Waals surface area contributed by atoms with E-state index in [2.05, 4.69) is 17.5 Å². The van der Waals surface area contributed by atoms with E-state index in [-0.39, 0.29) is 0 Å². The fraction of sp³-hybridized carbons (Fsp3) is 0.400. The van der Waals surface area contributed by atoms with E-state index >= 15 is 0 Å². The lowest BCUT2D eigenvalue weighted by Gasteiger charge is -2.22. The highest BCUT2D eigenvalue weighted by Gasteiger charge is 2.46. The van der Waals surface area contributed by atoms with E-state index in [9.17, 15) is 0 Å². The molecule has 2 aliphatic rings. The fourth-order valence-corrected chi connectivity index (χ4v) is 3.70. The summed E-state index contributed by atoms with van der Waals surface area (Å²) in [4.78, 5) is 4.75. The average molecular weight is 319 g/mol. The summed E-state index contributed by atoms with van der Waals surface area (Å²) < 4.78 is 5.92. The number of nitrogens with one attached hydrogen (secondary N) is 1. The first-order valence-corrected chi connectivity index (χ1v) is 8.57. The Labute approximate surface area is 142 Å². The van der Waals surface area contributed by atoms with Gasteiger partial charge in [-0.3, -0.25) is 0 Å². The number of nitrogens with zero attached hydrogens (tertiary/aromatic N) is 2. The van der Waals surface area contributed by atoms with Gasteiger partial charge in [-0.2, -0.15) is 5.26 Å². The Morgan fingerprint density at radius 1 is 1.33 bits per heavy atom. The molecule has 1 aromatic carbocycles. The second-order valence-corrected chi connectivity index (χ2v) is 6.80. The van der Waals surface area contributed by atoms with E-state index in [0.29, 0.717) is 30.0 Å². The molecule has 3 unspecified atom stereocenters.